The molecule has 1 N–H and O–H groups in total. The van der Waals surface area contributed by atoms with Gasteiger partial charge in [0.2, 0.25) is 0 Å². The molecule has 0 unspecified atom stereocenters. The normalized spacial score (nSPS) is 17.5. The molecule has 19 heavy (non-hydrogen) atoms. The van der Waals surface area contributed by atoms with E-state index in [4.69, 9.17) is 9.47 Å². The van der Waals surface area contributed by atoms with Crippen LogP contribution in [0, 0.1) is 0 Å². The summed E-state index contributed by atoms with van der Waals surface area (Å²) in [6.45, 7) is 11.9. The second kappa shape index (κ2) is 7.11. The van der Waals surface area contributed by atoms with Gasteiger partial charge in [-0.05, 0) is 6.42 Å². The molecule has 5 nitrogen and oxygen atoms in total. The number of aliphatic hydroxyl groups excluding tert-OH is 1. The second-order valence-corrected chi connectivity index (χ2v) is 4.34. The molecular formula is C14H21NO4. The highest BCUT2D eigenvalue weighted by Gasteiger charge is 2.44. The Hall–Kier alpha value is -1.59. The Labute approximate surface area is 113 Å². The lowest BCUT2D eigenvalue weighted by Crippen LogP contribution is -2.55. The van der Waals surface area contributed by atoms with Crippen LogP contribution in [0.4, 0.5) is 0 Å². The van der Waals surface area contributed by atoms with E-state index in [9.17, 15) is 9.90 Å². The fourth-order valence-corrected chi connectivity index (χ4v) is 1.93. The molecule has 1 saturated heterocycles. The Morgan fingerprint density at radius 1 is 1.32 bits per heavy atom. The topological polar surface area (TPSA) is 59.0 Å². The molecular weight excluding hydrogens is 246 g/mol. The number of aliphatic hydroxyl groups is 1. The molecule has 0 radical (unpaired) electrons. The zero-order chi connectivity index (χ0) is 14.3. The number of nitrogens with zero attached hydrogens (tertiary/aromatic N) is 1. The molecule has 1 amide bonds. The summed E-state index contributed by atoms with van der Waals surface area (Å²) in [6.07, 6.45) is 4.17. The number of hydrogen-bond donors (Lipinski definition) is 1. The molecule has 1 heterocycles. The monoisotopic (exact) mass is 267 g/mol. The maximum atomic E-state index is 12.6. The van der Waals surface area contributed by atoms with Crippen molar-refractivity contribution >= 4 is 5.91 Å². The van der Waals surface area contributed by atoms with Crippen molar-refractivity contribution < 1.29 is 19.4 Å². The van der Waals surface area contributed by atoms with Crippen LogP contribution in [0.2, 0.25) is 0 Å². The molecule has 0 spiro atoms. The van der Waals surface area contributed by atoms with Crippen molar-refractivity contribution in [2.45, 2.75) is 18.6 Å². The van der Waals surface area contributed by atoms with Crippen LogP contribution in [0.15, 0.2) is 37.6 Å². The fraction of sp³-hybridized carbons (Fsp3) is 0.500. The molecule has 0 aromatic heterocycles. The number of amides is 1. The summed E-state index contributed by atoms with van der Waals surface area (Å²) in [5, 5.41) is 9.29. The molecule has 0 aromatic carbocycles. The van der Waals surface area contributed by atoms with Gasteiger partial charge in [0.15, 0.2) is 0 Å². The molecule has 0 aliphatic carbocycles. The van der Waals surface area contributed by atoms with Crippen molar-refractivity contribution in [1.29, 1.82) is 0 Å². The summed E-state index contributed by atoms with van der Waals surface area (Å²) < 4.78 is 11.1. The van der Waals surface area contributed by atoms with Crippen LogP contribution in [-0.4, -0.2) is 48.0 Å². The summed E-state index contributed by atoms with van der Waals surface area (Å²) in [4.78, 5) is 14.0. The summed E-state index contributed by atoms with van der Waals surface area (Å²) in [6, 6.07) is 0. The lowest BCUT2D eigenvalue weighted by Gasteiger charge is -2.38. The van der Waals surface area contributed by atoms with Gasteiger partial charge < -0.3 is 19.5 Å². The van der Waals surface area contributed by atoms with Crippen LogP contribution >= 0.6 is 0 Å². The highest BCUT2D eigenvalue weighted by Crippen LogP contribution is 2.26. The third-order valence-corrected chi connectivity index (χ3v) is 2.71. The maximum Gasteiger partial charge on any atom is 0.283 e. The number of rotatable bonds is 7. The van der Waals surface area contributed by atoms with Gasteiger partial charge in [-0.2, -0.15) is 0 Å². The third kappa shape index (κ3) is 3.94. The van der Waals surface area contributed by atoms with E-state index in [1.54, 1.807) is 12.2 Å². The maximum absolute atomic E-state index is 12.6. The van der Waals surface area contributed by atoms with Gasteiger partial charge in [-0.15, -0.1) is 13.2 Å². The van der Waals surface area contributed by atoms with Crippen LogP contribution in [-0.2, 0) is 14.3 Å². The van der Waals surface area contributed by atoms with Crippen LogP contribution in [0.1, 0.15) is 12.8 Å². The Morgan fingerprint density at radius 2 is 1.95 bits per heavy atom. The van der Waals surface area contributed by atoms with Crippen LogP contribution in [0.3, 0.4) is 0 Å². The van der Waals surface area contributed by atoms with Crippen molar-refractivity contribution in [3.63, 3.8) is 0 Å². The van der Waals surface area contributed by atoms with E-state index >= 15 is 0 Å². The predicted molar refractivity (Wildman–Crippen MR) is 72.6 cm³/mol. The van der Waals surface area contributed by atoms with Crippen molar-refractivity contribution in [3.05, 3.63) is 37.6 Å². The van der Waals surface area contributed by atoms with Gasteiger partial charge in [0.05, 0.1) is 19.8 Å². The molecule has 106 valence electrons. The Kier molecular flexibility index (Phi) is 5.79. The highest BCUT2D eigenvalue weighted by molar-refractivity contribution is 5.84. The van der Waals surface area contributed by atoms with Gasteiger partial charge in [-0.3, -0.25) is 4.79 Å². The quantitative estimate of drug-likeness (QED) is 0.564. The number of ether oxygens (including phenoxy) is 2. The Balaban J connectivity index is 2.91. The number of carbonyl (C=O) groups excluding carboxylic acids is 1. The van der Waals surface area contributed by atoms with E-state index in [0.29, 0.717) is 13.2 Å². The molecule has 0 saturated carbocycles. The molecule has 0 atom stereocenters. The van der Waals surface area contributed by atoms with E-state index in [0.717, 1.165) is 6.42 Å². The van der Waals surface area contributed by atoms with Crippen LogP contribution in [0.25, 0.3) is 0 Å². The lowest BCUT2D eigenvalue weighted by atomic mass is 10.1. The summed E-state index contributed by atoms with van der Waals surface area (Å²) in [5.41, 5.74) is 0. The minimum absolute atomic E-state index is 0.0243. The van der Waals surface area contributed by atoms with Crippen LogP contribution < -0.4 is 0 Å². The molecule has 0 aromatic rings. The number of carbonyl (C=O) groups is 1. The average molecular weight is 267 g/mol. The average Bonchev–Trinajstić information content (AvgIpc) is 2.38. The first-order chi connectivity index (χ1) is 9.05. The third-order valence-electron chi connectivity index (χ3n) is 2.71. The molecule has 1 fully saturated rings. The largest absolute Gasteiger partial charge is 0.511 e. The summed E-state index contributed by atoms with van der Waals surface area (Å²) in [5.74, 6) is -1.78. The Bertz CT molecular complexity index is 358. The van der Waals surface area contributed by atoms with E-state index < -0.39 is 5.79 Å². The smallest absolute Gasteiger partial charge is 0.283 e. The molecule has 0 bridgehead atoms. The standard InChI is InChI=1S/C14H21NO4/c1-4-7-14(18-9-6-10-19-14)13(17)15(8-5-2)11-12(3)16/h4-5,16H,1-3,6-11H2. The fourth-order valence-electron chi connectivity index (χ4n) is 1.93. The van der Waals surface area contributed by atoms with Gasteiger partial charge in [-0.25, -0.2) is 0 Å². The van der Waals surface area contributed by atoms with E-state index in [1.807, 2.05) is 0 Å². The van der Waals surface area contributed by atoms with E-state index in [-0.39, 0.29) is 31.2 Å². The molecule has 5 heteroatoms. The molecule has 1 aliphatic rings. The molecule has 1 rings (SSSR count). The first kappa shape index (κ1) is 15.5. The SMILES string of the molecule is C=CCN(CC(=C)O)C(=O)C1(CC=C)OCCCO1. The van der Waals surface area contributed by atoms with E-state index in [1.165, 1.54) is 4.90 Å². The molecule has 1 aliphatic heterocycles. The van der Waals surface area contributed by atoms with E-state index in [2.05, 4.69) is 19.7 Å². The van der Waals surface area contributed by atoms with Crippen molar-refractivity contribution in [2.24, 2.45) is 0 Å². The zero-order valence-electron chi connectivity index (χ0n) is 11.1. The van der Waals surface area contributed by atoms with Gasteiger partial charge >= 0.3 is 0 Å². The highest BCUT2D eigenvalue weighted by atomic mass is 16.7. The summed E-state index contributed by atoms with van der Waals surface area (Å²) in [7, 11) is 0. The minimum atomic E-state index is -1.33. The van der Waals surface area contributed by atoms with Crippen molar-refractivity contribution in [3.8, 4) is 0 Å². The predicted octanol–water partition coefficient (Wildman–Crippen LogP) is 1.78. The second-order valence-electron chi connectivity index (χ2n) is 4.34. The van der Waals surface area contributed by atoms with Crippen LogP contribution in [0.5, 0.6) is 0 Å². The van der Waals surface area contributed by atoms with Gasteiger partial charge in [-0.1, -0.05) is 18.7 Å². The van der Waals surface area contributed by atoms with Gasteiger partial charge in [0.1, 0.15) is 5.76 Å². The Morgan fingerprint density at radius 3 is 2.42 bits per heavy atom. The van der Waals surface area contributed by atoms with Crippen molar-refractivity contribution in [1.82, 2.24) is 4.90 Å². The van der Waals surface area contributed by atoms with Gasteiger partial charge in [0, 0.05) is 13.0 Å². The summed E-state index contributed by atoms with van der Waals surface area (Å²) >= 11 is 0. The number of hydrogen-bond acceptors (Lipinski definition) is 4. The van der Waals surface area contributed by atoms with Crippen molar-refractivity contribution in [2.75, 3.05) is 26.3 Å². The first-order valence-corrected chi connectivity index (χ1v) is 6.21. The lowest BCUT2D eigenvalue weighted by molar-refractivity contribution is -0.259. The minimum Gasteiger partial charge on any atom is -0.511 e. The first-order valence-electron chi connectivity index (χ1n) is 6.21. The zero-order valence-corrected chi connectivity index (χ0v) is 11.1. The van der Waals surface area contributed by atoms with Gasteiger partial charge in [0.25, 0.3) is 11.7 Å².